The summed E-state index contributed by atoms with van der Waals surface area (Å²) in [7, 11) is 0. The lowest BCUT2D eigenvalue weighted by Gasteiger charge is -2.26. The number of unbranched alkanes of at least 4 members (excludes halogenated alkanes) is 1. The van der Waals surface area contributed by atoms with Crippen molar-refractivity contribution in [1.29, 1.82) is 0 Å². The van der Waals surface area contributed by atoms with E-state index < -0.39 is 0 Å². The monoisotopic (exact) mass is 349 g/mol. The summed E-state index contributed by atoms with van der Waals surface area (Å²) in [6, 6.07) is 0.275. The number of aryl methyl sites for hydroxylation is 1. The summed E-state index contributed by atoms with van der Waals surface area (Å²) in [5.41, 5.74) is 0.874. The van der Waals surface area contributed by atoms with E-state index in [1.165, 1.54) is 0 Å². The third kappa shape index (κ3) is 4.16. The fraction of sp³-hybridized carbons (Fsp3) is 0.625. The number of ether oxygens (including phenoxy) is 2. The molecule has 9 heteroatoms. The highest BCUT2D eigenvalue weighted by Gasteiger charge is 2.18. The maximum atomic E-state index is 12.2. The number of carbonyl (C=O) groups is 1. The molecule has 1 aliphatic rings. The summed E-state index contributed by atoms with van der Waals surface area (Å²) in [6.45, 7) is 4.98. The van der Waals surface area contributed by atoms with Crippen molar-refractivity contribution in [3.8, 4) is 6.01 Å². The fourth-order valence-electron chi connectivity index (χ4n) is 2.72. The summed E-state index contributed by atoms with van der Waals surface area (Å²) in [5, 5.41) is 0. The molecule has 3 rings (SSSR count). The number of fused-ring (bicyclic) bond motifs is 1. The zero-order valence-electron chi connectivity index (χ0n) is 14.4. The minimum Gasteiger partial charge on any atom is -0.463 e. The first-order chi connectivity index (χ1) is 12.2. The number of nitrogens with zero attached hydrogens (tertiary/aromatic N) is 4. The van der Waals surface area contributed by atoms with Crippen molar-refractivity contribution >= 4 is 17.1 Å². The standard InChI is InChI=1S/C16H23N5O4/c1-2-3-8-25-15-17-10-12-14(19-15)21(16(23)18-12)6-4-5-20-7-9-24-11-13(20)22/h10H,2-9,11H2,1H3,(H,18,23). The molecule has 9 nitrogen and oxygen atoms in total. The molecule has 0 spiro atoms. The molecule has 0 unspecified atom stereocenters. The van der Waals surface area contributed by atoms with Crippen LogP contribution in [0.25, 0.3) is 11.2 Å². The number of hydrogen-bond donors (Lipinski definition) is 1. The van der Waals surface area contributed by atoms with E-state index in [2.05, 4.69) is 21.9 Å². The van der Waals surface area contributed by atoms with Crippen LogP contribution >= 0.6 is 0 Å². The highest BCUT2D eigenvalue weighted by Crippen LogP contribution is 2.11. The van der Waals surface area contributed by atoms with Crippen LogP contribution in [0.15, 0.2) is 11.0 Å². The molecule has 1 N–H and O–H groups in total. The van der Waals surface area contributed by atoms with Gasteiger partial charge in [0.1, 0.15) is 12.1 Å². The molecule has 1 aliphatic heterocycles. The van der Waals surface area contributed by atoms with Crippen LogP contribution in [-0.4, -0.2) is 63.2 Å². The van der Waals surface area contributed by atoms with Gasteiger partial charge in [-0.2, -0.15) is 4.98 Å². The third-order valence-electron chi connectivity index (χ3n) is 4.11. The van der Waals surface area contributed by atoms with Gasteiger partial charge in [-0.25, -0.2) is 9.78 Å². The first-order valence-corrected chi connectivity index (χ1v) is 8.63. The summed E-state index contributed by atoms with van der Waals surface area (Å²) in [5.74, 6) is -0.00791. The molecule has 0 aromatic carbocycles. The Morgan fingerprint density at radius 2 is 2.20 bits per heavy atom. The molecule has 0 atom stereocenters. The summed E-state index contributed by atoms with van der Waals surface area (Å²) >= 11 is 0. The van der Waals surface area contributed by atoms with Crippen LogP contribution in [0.4, 0.5) is 0 Å². The number of nitrogens with one attached hydrogen (secondary N) is 1. The summed E-state index contributed by atoms with van der Waals surface area (Å²) < 4.78 is 12.2. The van der Waals surface area contributed by atoms with Gasteiger partial charge in [0.2, 0.25) is 5.91 Å². The van der Waals surface area contributed by atoms with Gasteiger partial charge in [-0.05, 0) is 12.8 Å². The van der Waals surface area contributed by atoms with Gasteiger partial charge >= 0.3 is 11.7 Å². The number of morpholine rings is 1. The molecule has 0 aliphatic carbocycles. The number of imidazole rings is 1. The molecule has 2 aromatic rings. The highest BCUT2D eigenvalue weighted by atomic mass is 16.5. The maximum absolute atomic E-state index is 12.2. The third-order valence-corrected chi connectivity index (χ3v) is 4.11. The zero-order valence-corrected chi connectivity index (χ0v) is 14.4. The smallest absolute Gasteiger partial charge is 0.327 e. The average molecular weight is 349 g/mol. The molecule has 1 fully saturated rings. The van der Waals surface area contributed by atoms with Gasteiger partial charge in [-0.1, -0.05) is 13.3 Å². The lowest BCUT2D eigenvalue weighted by molar-refractivity contribution is -0.142. The van der Waals surface area contributed by atoms with E-state index in [9.17, 15) is 9.59 Å². The molecular weight excluding hydrogens is 326 g/mol. The van der Waals surface area contributed by atoms with Crippen molar-refractivity contribution in [3.63, 3.8) is 0 Å². The second kappa shape index (κ2) is 8.11. The minimum atomic E-state index is -0.233. The van der Waals surface area contributed by atoms with Crippen LogP contribution in [-0.2, 0) is 16.1 Å². The van der Waals surface area contributed by atoms with Crippen molar-refractivity contribution < 1.29 is 14.3 Å². The van der Waals surface area contributed by atoms with E-state index in [4.69, 9.17) is 9.47 Å². The lowest BCUT2D eigenvalue weighted by Crippen LogP contribution is -2.42. The molecule has 0 radical (unpaired) electrons. The van der Waals surface area contributed by atoms with E-state index in [-0.39, 0.29) is 24.2 Å². The molecule has 136 valence electrons. The number of aromatic nitrogens is 4. The highest BCUT2D eigenvalue weighted by molar-refractivity contribution is 5.77. The molecular formula is C16H23N5O4. The van der Waals surface area contributed by atoms with Gasteiger partial charge in [0, 0.05) is 19.6 Å². The Bertz CT molecular complexity index is 784. The van der Waals surface area contributed by atoms with Gasteiger partial charge in [0.25, 0.3) is 0 Å². The Hall–Kier alpha value is -2.42. The number of hydrogen-bond acceptors (Lipinski definition) is 6. The summed E-state index contributed by atoms with van der Waals surface area (Å²) in [4.78, 5) is 36.8. The quantitative estimate of drug-likeness (QED) is 0.698. The second-order valence-electron chi connectivity index (χ2n) is 5.96. The zero-order chi connectivity index (χ0) is 17.6. The summed E-state index contributed by atoms with van der Waals surface area (Å²) in [6.07, 6.45) is 4.17. The molecule has 1 amide bonds. The van der Waals surface area contributed by atoms with Crippen LogP contribution in [0, 0.1) is 0 Å². The van der Waals surface area contributed by atoms with E-state index >= 15 is 0 Å². The minimum absolute atomic E-state index is 0.00791. The number of aromatic amines is 1. The van der Waals surface area contributed by atoms with Crippen molar-refractivity contribution in [1.82, 2.24) is 24.4 Å². The largest absolute Gasteiger partial charge is 0.463 e. The predicted molar refractivity (Wildman–Crippen MR) is 90.6 cm³/mol. The van der Waals surface area contributed by atoms with E-state index in [1.54, 1.807) is 15.7 Å². The Kier molecular flexibility index (Phi) is 5.64. The molecule has 0 bridgehead atoms. The maximum Gasteiger partial charge on any atom is 0.327 e. The van der Waals surface area contributed by atoms with Crippen LogP contribution in [0.5, 0.6) is 6.01 Å². The topological polar surface area (TPSA) is 102 Å². The normalized spacial score (nSPS) is 15.1. The van der Waals surface area contributed by atoms with Crippen molar-refractivity contribution in [3.05, 3.63) is 16.7 Å². The fourth-order valence-corrected chi connectivity index (χ4v) is 2.72. The van der Waals surface area contributed by atoms with E-state index in [0.29, 0.717) is 50.4 Å². The van der Waals surface area contributed by atoms with Gasteiger partial charge in [0.05, 0.1) is 19.4 Å². The second-order valence-corrected chi connectivity index (χ2v) is 5.96. The Labute approximate surface area is 145 Å². The molecule has 1 saturated heterocycles. The number of amides is 1. The SMILES string of the molecule is CCCCOc1ncc2[nH]c(=O)n(CCCN3CCOCC3=O)c2n1. The van der Waals surface area contributed by atoms with E-state index in [1.807, 2.05) is 0 Å². The Morgan fingerprint density at radius 1 is 1.32 bits per heavy atom. The van der Waals surface area contributed by atoms with Crippen LogP contribution in [0.1, 0.15) is 26.2 Å². The molecule has 2 aromatic heterocycles. The van der Waals surface area contributed by atoms with Crippen LogP contribution < -0.4 is 10.4 Å². The van der Waals surface area contributed by atoms with Gasteiger partial charge < -0.3 is 19.4 Å². The van der Waals surface area contributed by atoms with Crippen molar-refractivity contribution in [2.75, 3.05) is 32.9 Å². The molecule has 25 heavy (non-hydrogen) atoms. The van der Waals surface area contributed by atoms with Crippen LogP contribution in [0.3, 0.4) is 0 Å². The Morgan fingerprint density at radius 3 is 3.00 bits per heavy atom. The van der Waals surface area contributed by atoms with Gasteiger partial charge in [0.15, 0.2) is 5.65 Å². The first kappa shape index (κ1) is 17.4. The average Bonchev–Trinajstić information content (AvgIpc) is 2.92. The molecule has 3 heterocycles. The number of carbonyl (C=O) groups excluding carboxylic acids is 1. The van der Waals surface area contributed by atoms with Crippen molar-refractivity contribution in [2.24, 2.45) is 0 Å². The predicted octanol–water partition coefficient (Wildman–Crippen LogP) is 0.547. The number of H-pyrrole nitrogens is 1. The number of rotatable bonds is 8. The Balaban J connectivity index is 1.67. The molecule has 0 saturated carbocycles. The van der Waals surface area contributed by atoms with Gasteiger partial charge in [-0.15, -0.1) is 0 Å². The first-order valence-electron chi connectivity index (χ1n) is 8.63. The van der Waals surface area contributed by atoms with E-state index in [0.717, 1.165) is 12.8 Å². The van der Waals surface area contributed by atoms with Crippen LogP contribution in [0.2, 0.25) is 0 Å². The lowest BCUT2D eigenvalue weighted by atomic mass is 10.3. The van der Waals surface area contributed by atoms with Crippen molar-refractivity contribution in [2.45, 2.75) is 32.7 Å². The van der Waals surface area contributed by atoms with Gasteiger partial charge in [-0.3, -0.25) is 9.36 Å².